The fourth-order valence-corrected chi connectivity index (χ4v) is 1.39. The topological polar surface area (TPSA) is 9.23 Å². The van der Waals surface area contributed by atoms with Gasteiger partial charge in [0, 0.05) is 0 Å². The average Bonchev–Trinajstić information content (AvgIpc) is 2.06. The molecular weight excluding hydrogens is 136 g/mol. The van der Waals surface area contributed by atoms with Crippen molar-refractivity contribution in [3.8, 4) is 0 Å². The van der Waals surface area contributed by atoms with Crippen molar-refractivity contribution in [2.24, 2.45) is 0 Å². The lowest BCUT2D eigenvalue weighted by Gasteiger charge is -2.11. The molecule has 0 amide bonds. The van der Waals surface area contributed by atoms with Crippen LogP contribution < -0.4 is 0 Å². The van der Waals surface area contributed by atoms with Crippen molar-refractivity contribution in [3.63, 3.8) is 0 Å². The lowest BCUT2D eigenvalue weighted by atomic mass is 10.0. The highest BCUT2D eigenvalue weighted by molar-refractivity contribution is 5.23. The molecule has 0 heterocycles. The van der Waals surface area contributed by atoms with Crippen LogP contribution in [-0.4, -0.2) is 7.11 Å². The smallest absolute Gasteiger partial charge is 0.114 e. The molecule has 0 unspecified atom stereocenters. The van der Waals surface area contributed by atoms with Crippen LogP contribution in [0.15, 0.2) is 23.5 Å². The molecule has 0 spiro atoms. The van der Waals surface area contributed by atoms with Gasteiger partial charge in [-0.3, -0.25) is 0 Å². The third-order valence-electron chi connectivity index (χ3n) is 1.96. The maximum absolute atomic E-state index is 5.15. The second-order valence-corrected chi connectivity index (χ2v) is 2.90. The highest BCUT2D eigenvalue weighted by atomic mass is 16.5. The van der Waals surface area contributed by atoms with Crippen molar-refractivity contribution in [2.45, 2.75) is 32.6 Å². The van der Waals surface area contributed by atoms with E-state index < -0.39 is 0 Å². The zero-order valence-electron chi connectivity index (χ0n) is 7.39. The van der Waals surface area contributed by atoms with E-state index in [1.807, 2.05) is 0 Å². The fourth-order valence-electron chi connectivity index (χ4n) is 1.39. The lowest BCUT2D eigenvalue weighted by Crippen LogP contribution is -1.93. The van der Waals surface area contributed by atoms with Crippen LogP contribution in [0.25, 0.3) is 0 Å². The summed E-state index contributed by atoms with van der Waals surface area (Å²) in [5.74, 6) is 1.04. The minimum Gasteiger partial charge on any atom is -0.497 e. The molecule has 1 aliphatic carbocycles. The molecule has 0 saturated heterocycles. The Hall–Kier alpha value is -0.720. The SMILES string of the molecule is CCCC1=CC(OC)=CCC1. The van der Waals surface area contributed by atoms with E-state index in [1.54, 1.807) is 7.11 Å². The molecule has 0 aliphatic heterocycles. The number of ether oxygens (including phenoxy) is 1. The zero-order valence-corrected chi connectivity index (χ0v) is 7.39. The summed E-state index contributed by atoms with van der Waals surface area (Å²) < 4.78 is 5.15. The molecular formula is C10H16O. The summed E-state index contributed by atoms with van der Waals surface area (Å²) >= 11 is 0. The Bertz CT molecular complexity index is 177. The molecule has 1 rings (SSSR count). The van der Waals surface area contributed by atoms with Crippen molar-refractivity contribution in [3.05, 3.63) is 23.5 Å². The molecule has 0 aromatic carbocycles. The van der Waals surface area contributed by atoms with E-state index in [0.29, 0.717) is 0 Å². The Morgan fingerprint density at radius 1 is 1.55 bits per heavy atom. The van der Waals surface area contributed by atoms with Gasteiger partial charge in [-0.15, -0.1) is 0 Å². The highest BCUT2D eigenvalue weighted by Gasteiger charge is 2.03. The monoisotopic (exact) mass is 152 g/mol. The molecule has 0 atom stereocenters. The third kappa shape index (κ3) is 2.41. The summed E-state index contributed by atoms with van der Waals surface area (Å²) in [7, 11) is 1.73. The average molecular weight is 152 g/mol. The summed E-state index contributed by atoms with van der Waals surface area (Å²) in [6.07, 6.45) is 9.16. The quantitative estimate of drug-likeness (QED) is 0.604. The van der Waals surface area contributed by atoms with Crippen LogP contribution in [0.2, 0.25) is 0 Å². The third-order valence-corrected chi connectivity index (χ3v) is 1.96. The lowest BCUT2D eigenvalue weighted by molar-refractivity contribution is 0.302. The van der Waals surface area contributed by atoms with E-state index in [0.717, 1.165) is 12.2 Å². The van der Waals surface area contributed by atoms with E-state index in [1.165, 1.54) is 24.8 Å². The molecule has 62 valence electrons. The van der Waals surface area contributed by atoms with Gasteiger partial charge in [-0.25, -0.2) is 0 Å². The molecule has 0 radical (unpaired) electrons. The Labute approximate surface area is 68.8 Å². The summed E-state index contributed by atoms with van der Waals surface area (Å²) in [4.78, 5) is 0. The number of methoxy groups -OCH3 is 1. The Morgan fingerprint density at radius 3 is 3.00 bits per heavy atom. The number of allylic oxidation sites excluding steroid dienone is 3. The van der Waals surface area contributed by atoms with Crippen LogP contribution in [0.1, 0.15) is 32.6 Å². The first kappa shape index (κ1) is 8.38. The first-order valence-electron chi connectivity index (χ1n) is 4.30. The van der Waals surface area contributed by atoms with Crippen molar-refractivity contribution < 1.29 is 4.74 Å². The van der Waals surface area contributed by atoms with Crippen LogP contribution in [0.4, 0.5) is 0 Å². The largest absolute Gasteiger partial charge is 0.497 e. The first-order chi connectivity index (χ1) is 5.36. The standard InChI is InChI=1S/C10H16O/c1-3-5-9-6-4-7-10(8-9)11-2/h7-8H,3-6H2,1-2H3. The molecule has 0 N–H and O–H groups in total. The number of hydrogen-bond donors (Lipinski definition) is 0. The van der Waals surface area contributed by atoms with Gasteiger partial charge in [0.05, 0.1) is 7.11 Å². The van der Waals surface area contributed by atoms with E-state index in [9.17, 15) is 0 Å². The number of rotatable bonds is 3. The molecule has 11 heavy (non-hydrogen) atoms. The second-order valence-electron chi connectivity index (χ2n) is 2.90. The summed E-state index contributed by atoms with van der Waals surface area (Å²) in [6.45, 7) is 2.21. The fraction of sp³-hybridized carbons (Fsp3) is 0.600. The van der Waals surface area contributed by atoms with Gasteiger partial charge in [-0.05, 0) is 31.4 Å². The van der Waals surface area contributed by atoms with Gasteiger partial charge in [-0.1, -0.05) is 18.9 Å². The van der Waals surface area contributed by atoms with Gasteiger partial charge >= 0.3 is 0 Å². The van der Waals surface area contributed by atoms with E-state index >= 15 is 0 Å². The summed E-state index contributed by atoms with van der Waals surface area (Å²) in [6, 6.07) is 0. The van der Waals surface area contributed by atoms with E-state index in [2.05, 4.69) is 19.1 Å². The van der Waals surface area contributed by atoms with Crippen molar-refractivity contribution in [2.75, 3.05) is 7.11 Å². The van der Waals surface area contributed by atoms with Crippen LogP contribution >= 0.6 is 0 Å². The Kier molecular flexibility index (Phi) is 3.21. The molecule has 0 aromatic rings. The van der Waals surface area contributed by atoms with Crippen molar-refractivity contribution in [1.82, 2.24) is 0 Å². The molecule has 0 saturated carbocycles. The van der Waals surface area contributed by atoms with Gasteiger partial charge in [-0.2, -0.15) is 0 Å². The predicted molar refractivity (Wildman–Crippen MR) is 47.3 cm³/mol. The maximum atomic E-state index is 5.15. The summed E-state index contributed by atoms with van der Waals surface area (Å²) in [5.41, 5.74) is 1.53. The molecule has 1 nitrogen and oxygen atoms in total. The van der Waals surface area contributed by atoms with Crippen molar-refractivity contribution in [1.29, 1.82) is 0 Å². The molecule has 0 aromatic heterocycles. The van der Waals surface area contributed by atoms with Gasteiger partial charge in [0.15, 0.2) is 0 Å². The van der Waals surface area contributed by atoms with Gasteiger partial charge in [0.1, 0.15) is 5.76 Å². The van der Waals surface area contributed by atoms with Gasteiger partial charge in [0.2, 0.25) is 0 Å². The zero-order chi connectivity index (χ0) is 8.10. The summed E-state index contributed by atoms with van der Waals surface area (Å²) in [5, 5.41) is 0. The minimum absolute atomic E-state index is 1.04. The first-order valence-corrected chi connectivity index (χ1v) is 4.30. The van der Waals surface area contributed by atoms with Crippen molar-refractivity contribution >= 4 is 0 Å². The van der Waals surface area contributed by atoms with Crippen LogP contribution in [0.5, 0.6) is 0 Å². The van der Waals surface area contributed by atoms with Gasteiger partial charge < -0.3 is 4.74 Å². The normalized spacial score (nSPS) is 17.3. The minimum atomic E-state index is 1.04. The number of hydrogen-bond acceptors (Lipinski definition) is 1. The van der Waals surface area contributed by atoms with Gasteiger partial charge in [0.25, 0.3) is 0 Å². The van der Waals surface area contributed by atoms with Crippen LogP contribution in [0, 0.1) is 0 Å². The van der Waals surface area contributed by atoms with Crippen LogP contribution in [0.3, 0.4) is 0 Å². The maximum Gasteiger partial charge on any atom is 0.114 e. The van der Waals surface area contributed by atoms with E-state index in [-0.39, 0.29) is 0 Å². The molecule has 1 heteroatoms. The van der Waals surface area contributed by atoms with Crippen LogP contribution in [-0.2, 0) is 4.74 Å². The Morgan fingerprint density at radius 2 is 2.36 bits per heavy atom. The second kappa shape index (κ2) is 4.22. The molecule has 1 aliphatic rings. The molecule has 0 bridgehead atoms. The molecule has 0 fully saturated rings. The van der Waals surface area contributed by atoms with E-state index in [4.69, 9.17) is 4.74 Å². The Balaban J connectivity index is 2.53. The highest BCUT2D eigenvalue weighted by Crippen LogP contribution is 2.20. The predicted octanol–water partition coefficient (Wildman–Crippen LogP) is 3.04.